The second-order valence-electron chi connectivity index (χ2n) is 5.12. The first-order valence-corrected chi connectivity index (χ1v) is 7.21. The highest BCUT2D eigenvalue weighted by atomic mass is 16.5. The lowest BCUT2D eigenvalue weighted by Gasteiger charge is -2.33. The number of hydrogen-bond acceptors (Lipinski definition) is 4. The quantitative estimate of drug-likeness (QED) is 0.796. The van der Waals surface area contributed by atoms with E-state index in [9.17, 15) is 9.59 Å². The molecule has 1 fully saturated rings. The number of rotatable bonds is 6. The van der Waals surface area contributed by atoms with Gasteiger partial charge in [0.25, 0.3) is 0 Å². The van der Waals surface area contributed by atoms with E-state index in [1.54, 1.807) is 7.11 Å². The third-order valence-electron chi connectivity index (χ3n) is 3.61. The van der Waals surface area contributed by atoms with Gasteiger partial charge in [-0.2, -0.15) is 0 Å². The van der Waals surface area contributed by atoms with E-state index < -0.39 is 11.9 Å². The first-order chi connectivity index (χ1) is 10.6. The average Bonchev–Trinajstić information content (AvgIpc) is 2.50. The van der Waals surface area contributed by atoms with Crippen molar-refractivity contribution in [3.63, 3.8) is 0 Å². The van der Waals surface area contributed by atoms with Gasteiger partial charge in [0.1, 0.15) is 5.75 Å². The van der Waals surface area contributed by atoms with Gasteiger partial charge in [-0.25, -0.2) is 0 Å². The summed E-state index contributed by atoms with van der Waals surface area (Å²) in [5.41, 5.74) is 6.20. The molecule has 22 heavy (non-hydrogen) atoms. The largest absolute Gasteiger partial charge is 0.496 e. The van der Waals surface area contributed by atoms with Crippen LogP contribution < -0.4 is 15.8 Å². The standard InChI is InChI=1S/C16H21N3O3/c1-22-14-7-3-2-5-12(14)6-4-9-19-10-8-18-16(21)13(19)11-15(17)20/h2-7,13H,8-11H2,1H3,(H2,17,20)(H,18,21)/b6-4+/t13-/m0/s1. The molecule has 6 nitrogen and oxygen atoms in total. The molecule has 0 unspecified atom stereocenters. The first kappa shape index (κ1) is 16.0. The third kappa shape index (κ3) is 4.08. The number of nitrogens with one attached hydrogen (secondary N) is 1. The fourth-order valence-corrected chi connectivity index (χ4v) is 2.51. The van der Waals surface area contributed by atoms with E-state index in [2.05, 4.69) is 5.32 Å². The number of benzene rings is 1. The van der Waals surface area contributed by atoms with Crippen molar-refractivity contribution in [2.24, 2.45) is 5.73 Å². The monoisotopic (exact) mass is 303 g/mol. The molecule has 0 spiro atoms. The Bertz CT molecular complexity index is 572. The summed E-state index contributed by atoms with van der Waals surface area (Å²) in [7, 11) is 1.63. The fraction of sp³-hybridized carbons (Fsp3) is 0.375. The van der Waals surface area contributed by atoms with Gasteiger partial charge in [0.15, 0.2) is 0 Å². The van der Waals surface area contributed by atoms with Crippen LogP contribution in [-0.4, -0.2) is 49.5 Å². The van der Waals surface area contributed by atoms with E-state index in [0.717, 1.165) is 11.3 Å². The highest BCUT2D eigenvalue weighted by Gasteiger charge is 2.29. The van der Waals surface area contributed by atoms with Crippen LogP contribution in [0.2, 0.25) is 0 Å². The molecule has 0 aromatic heterocycles. The molecular formula is C16H21N3O3. The van der Waals surface area contributed by atoms with Crippen molar-refractivity contribution in [1.29, 1.82) is 0 Å². The Morgan fingerprint density at radius 1 is 1.50 bits per heavy atom. The fourth-order valence-electron chi connectivity index (χ4n) is 2.51. The molecule has 6 heteroatoms. The number of carbonyl (C=O) groups is 2. The van der Waals surface area contributed by atoms with Crippen molar-refractivity contribution in [2.75, 3.05) is 26.7 Å². The molecule has 1 aromatic rings. The van der Waals surface area contributed by atoms with Crippen molar-refractivity contribution in [3.8, 4) is 5.75 Å². The van der Waals surface area contributed by atoms with Crippen LogP contribution in [0, 0.1) is 0 Å². The Kier molecular flexibility index (Phi) is 5.55. The summed E-state index contributed by atoms with van der Waals surface area (Å²) < 4.78 is 5.29. The van der Waals surface area contributed by atoms with Gasteiger partial charge >= 0.3 is 0 Å². The van der Waals surface area contributed by atoms with Crippen LogP contribution in [0.5, 0.6) is 5.75 Å². The maximum absolute atomic E-state index is 11.9. The van der Waals surface area contributed by atoms with Crippen LogP contribution in [0.1, 0.15) is 12.0 Å². The van der Waals surface area contributed by atoms with Crippen LogP contribution in [0.4, 0.5) is 0 Å². The zero-order valence-electron chi connectivity index (χ0n) is 12.6. The maximum Gasteiger partial charge on any atom is 0.237 e. The molecule has 1 heterocycles. The number of para-hydroxylation sites is 1. The lowest BCUT2D eigenvalue weighted by Crippen LogP contribution is -2.56. The molecule has 2 rings (SSSR count). The van der Waals surface area contributed by atoms with Crippen LogP contribution in [0.3, 0.4) is 0 Å². The normalized spacial score (nSPS) is 19.1. The van der Waals surface area contributed by atoms with Gasteiger partial charge in [0, 0.05) is 25.2 Å². The molecule has 1 aromatic carbocycles. The molecule has 3 N–H and O–H groups in total. The maximum atomic E-state index is 11.9. The average molecular weight is 303 g/mol. The van der Waals surface area contributed by atoms with Crippen molar-refractivity contribution < 1.29 is 14.3 Å². The minimum Gasteiger partial charge on any atom is -0.496 e. The number of hydrogen-bond donors (Lipinski definition) is 2. The molecule has 118 valence electrons. The molecule has 1 atom stereocenters. The number of primary amides is 1. The highest BCUT2D eigenvalue weighted by Crippen LogP contribution is 2.19. The van der Waals surface area contributed by atoms with E-state index in [1.807, 2.05) is 41.3 Å². The van der Waals surface area contributed by atoms with E-state index in [0.29, 0.717) is 19.6 Å². The second-order valence-corrected chi connectivity index (χ2v) is 5.12. The summed E-state index contributed by atoms with van der Waals surface area (Å²) in [6.45, 7) is 1.85. The Morgan fingerprint density at radius 3 is 3.00 bits per heavy atom. The second kappa shape index (κ2) is 7.61. The SMILES string of the molecule is COc1ccccc1/C=C/CN1CCNC(=O)[C@@H]1CC(N)=O. The molecule has 1 saturated heterocycles. The topological polar surface area (TPSA) is 84.7 Å². The zero-order valence-corrected chi connectivity index (χ0v) is 12.6. The lowest BCUT2D eigenvalue weighted by molar-refractivity contribution is -0.132. The van der Waals surface area contributed by atoms with Gasteiger partial charge in [-0.3, -0.25) is 14.5 Å². The molecule has 2 amide bonds. The minimum atomic E-state index is -0.492. The summed E-state index contributed by atoms with van der Waals surface area (Å²) >= 11 is 0. The molecule has 0 aliphatic carbocycles. The smallest absolute Gasteiger partial charge is 0.237 e. The summed E-state index contributed by atoms with van der Waals surface area (Å²) in [5.74, 6) is 0.181. The molecule has 1 aliphatic heterocycles. The Balaban J connectivity index is 2.03. The van der Waals surface area contributed by atoms with Gasteiger partial charge in [0.05, 0.1) is 19.6 Å². The summed E-state index contributed by atoms with van der Waals surface area (Å²) in [6.07, 6.45) is 3.95. The van der Waals surface area contributed by atoms with Crippen LogP contribution in [0.25, 0.3) is 6.08 Å². The number of nitrogens with zero attached hydrogens (tertiary/aromatic N) is 1. The molecule has 0 bridgehead atoms. The summed E-state index contributed by atoms with van der Waals surface area (Å²) in [6, 6.07) is 7.21. The van der Waals surface area contributed by atoms with Gasteiger partial charge < -0.3 is 15.8 Å². The van der Waals surface area contributed by atoms with Gasteiger partial charge in [0.2, 0.25) is 11.8 Å². The third-order valence-corrected chi connectivity index (χ3v) is 3.61. The van der Waals surface area contributed by atoms with E-state index in [4.69, 9.17) is 10.5 Å². The van der Waals surface area contributed by atoms with Gasteiger partial charge in [-0.05, 0) is 6.07 Å². The van der Waals surface area contributed by atoms with Gasteiger partial charge in [-0.15, -0.1) is 0 Å². The van der Waals surface area contributed by atoms with Crippen molar-refractivity contribution in [1.82, 2.24) is 10.2 Å². The number of nitrogens with two attached hydrogens (primary N) is 1. The number of piperazine rings is 1. The molecule has 0 radical (unpaired) electrons. The summed E-state index contributed by atoms with van der Waals surface area (Å²) in [5, 5.41) is 2.76. The minimum absolute atomic E-state index is 0.0360. The van der Waals surface area contributed by atoms with Crippen molar-refractivity contribution in [2.45, 2.75) is 12.5 Å². The predicted molar refractivity (Wildman–Crippen MR) is 84.2 cm³/mol. The van der Waals surface area contributed by atoms with Crippen molar-refractivity contribution in [3.05, 3.63) is 35.9 Å². The van der Waals surface area contributed by atoms with E-state index in [1.165, 1.54) is 0 Å². The number of ether oxygens (including phenoxy) is 1. The lowest BCUT2D eigenvalue weighted by atomic mass is 10.1. The van der Waals surface area contributed by atoms with Gasteiger partial charge in [-0.1, -0.05) is 30.4 Å². The zero-order chi connectivity index (χ0) is 15.9. The molecule has 0 saturated carbocycles. The molecular weight excluding hydrogens is 282 g/mol. The van der Waals surface area contributed by atoms with Crippen LogP contribution in [0.15, 0.2) is 30.3 Å². The Hall–Kier alpha value is -2.34. The number of amides is 2. The van der Waals surface area contributed by atoms with E-state index in [-0.39, 0.29) is 12.3 Å². The first-order valence-electron chi connectivity index (χ1n) is 7.21. The number of carbonyl (C=O) groups excluding carboxylic acids is 2. The van der Waals surface area contributed by atoms with Crippen LogP contribution >= 0.6 is 0 Å². The highest BCUT2D eigenvalue weighted by molar-refractivity contribution is 5.88. The predicted octanol–water partition coefficient (Wildman–Crippen LogP) is 0.384. The van der Waals surface area contributed by atoms with E-state index >= 15 is 0 Å². The molecule has 1 aliphatic rings. The Morgan fingerprint density at radius 2 is 2.27 bits per heavy atom. The van der Waals surface area contributed by atoms with Crippen LogP contribution in [-0.2, 0) is 9.59 Å². The Labute approximate surface area is 129 Å². The number of methoxy groups -OCH3 is 1. The van der Waals surface area contributed by atoms with Crippen molar-refractivity contribution >= 4 is 17.9 Å². The summed E-state index contributed by atoms with van der Waals surface area (Å²) in [4.78, 5) is 24.9.